The average Bonchev–Trinajstić information content (AvgIpc) is 2.45. The molecule has 0 unspecified atom stereocenters. The van der Waals surface area contributed by atoms with Crippen LogP contribution in [-0.4, -0.2) is 22.1 Å². The Morgan fingerprint density at radius 3 is 2.45 bits per heavy atom. The first kappa shape index (κ1) is 14.0. The number of nitrogens with one attached hydrogen (secondary N) is 1. The van der Waals surface area contributed by atoms with Crippen LogP contribution in [0.1, 0.15) is 30.9 Å². The number of nitrogens with zero attached hydrogens (tertiary/aromatic N) is 3. The van der Waals surface area contributed by atoms with Crippen LogP contribution >= 0.6 is 0 Å². The summed E-state index contributed by atoms with van der Waals surface area (Å²) in [5.74, 6) is 1.07. The van der Waals surface area contributed by atoms with E-state index in [0.29, 0.717) is 18.4 Å². The zero-order valence-corrected chi connectivity index (χ0v) is 11.9. The van der Waals surface area contributed by atoms with Crippen molar-refractivity contribution in [3.05, 3.63) is 35.4 Å². The Balaban J connectivity index is 2.03. The van der Waals surface area contributed by atoms with Crippen molar-refractivity contribution in [2.45, 2.75) is 26.3 Å². The van der Waals surface area contributed by atoms with Crippen LogP contribution in [0.2, 0.25) is 0 Å². The molecule has 1 aromatic carbocycles. The van der Waals surface area contributed by atoms with E-state index in [9.17, 15) is 0 Å². The Hall–Kier alpha value is -2.37. The molecule has 0 radical (unpaired) electrons. The predicted octanol–water partition coefficient (Wildman–Crippen LogP) is 2.20. The Morgan fingerprint density at radius 2 is 1.85 bits per heavy atom. The van der Waals surface area contributed by atoms with Crippen LogP contribution in [0.5, 0.6) is 6.01 Å². The number of methoxy groups -OCH3 is 1. The smallest absolute Gasteiger partial charge is 0.322 e. The SMILES string of the molecule is COc1nc(N)nc(NCc2ccc(C(C)C)cc2)n1. The van der Waals surface area contributed by atoms with Crippen molar-refractivity contribution in [2.24, 2.45) is 0 Å². The van der Waals surface area contributed by atoms with E-state index in [0.717, 1.165) is 5.56 Å². The van der Waals surface area contributed by atoms with Gasteiger partial charge in [-0.25, -0.2) is 0 Å². The van der Waals surface area contributed by atoms with Gasteiger partial charge in [0, 0.05) is 6.54 Å². The third-order valence-corrected chi connectivity index (χ3v) is 2.91. The van der Waals surface area contributed by atoms with E-state index in [2.05, 4.69) is 58.4 Å². The molecule has 0 atom stereocenters. The van der Waals surface area contributed by atoms with Crippen molar-refractivity contribution in [2.75, 3.05) is 18.2 Å². The van der Waals surface area contributed by atoms with Gasteiger partial charge in [-0.15, -0.1) is 0 Å². The molecule has 0 spiro atoms. The summed E-state index contributed by atoms with van der Waals surface area (Å²) >= 11 is 0. The minimum absolute atomic E-state index is 0.134. The maximum atomic E-state index is 5.57. The van der Waals surface area contributed by atoms with Gasteiger partial charge < -0.3 is 15.8 Å². The molecule has 0 aliphatic carbocycles. The molecule has 3 N–H and O–H groups in total. The van der Waals surface area contributed by atoms with E-state index in [4.69, 9.17) is 10.5 Å². The molecule has 0 amide bonds. The lowest BCUT2D eigenvalue weighted by atomic mass is 10.0. The number of nitrogen functional groups attached to an aromatic ring is 1. The number of aromatic nitrogens is 3. The second-order valence-corrected chi connectivity index (χ2v) is 4.75. The summed E-state index contributed by atoms with van der Waals surface area (Å²) < 4.78 is 4.95. The van der Waals surface area contributed by atoms with E-state index in [1.165, 1.54) is 12.7 Å². The third-order valence-electron chi connectivity index (χ3n) is 2.91. The van der Waals surface area contributed by atoms with Gasteiger partial charge in [-0.3, -0.25) is 0 Å². The van der Waals surface area contributed by atoms with Gasteiger partial charge >= 0.3 is 6.01 Å². The fraction of sp³-hybridized carbons (Fsp3) is 0.357. The van der Waals surface area contributed by atoms with Gasteiger partial charge in [0.2, 0.25) is 11.9 Å². The largest absolute Gasteiger partial charge is 0.467 e. The Morgan fingerprint density at radius 1 is 1.15 bits per heavy atom. The van der Waals surface area contributed by atoms with Crippen molar-refractivity contribution in [3.63, 3.8) is 0 Å². The second kappa shape index (κ2) is 6.18. The Kier molecular flexibility index (Phi) is 4.34. The molecular formula is C14H19N5O. The predicted molar refractivity (Wildman–Crippen MR) is 78.6 cm³/mol. The number of hydrogen-bond donors (Lipinski definition) is 2. The van der Waals surface area contributed by atoms with E-state index >= 15 is 0 Å². The topological polar surface area (TPSA) is 86.0 Å². The highest BCUT2D eigenvalue weighted by Crippen LogP contribution is 2.15. The second-order valence-electron chi connectivity index (χ2n) is 4.75. The molecule has 6 nitrogen and oxygen atoms in total. The number of nitrogens with two attached hydrogens (primary N) is 1. The van der Waals surface area contributed by atoms with E-state index < -0.39 is 0 Å². The first-order valence-corrected chi connectivity index (χ1v) is 6.46. The number of rotatable bonds is 5. The van der Waals surface area contributed by atoms with Gasteiger partial charge in [0.15, 0.2) is 0 Å². The van der Waals surface area contributed by atoms with Crippen LogP contribution in [0.15, 0.2) is 24.3 Å². The van der Waals surface area contributed by atoms with Crippen LogP contribution in [0, 0.1) is 0 Å². The minimum Gasteiger partial charge on any atom is -0.467 e. The fourth-order valence-electron chi connectivity index (χ4n) is 1.74. The van der Waals surface area contributed by atoms with Crippen molar-refractivity contribution in [1.29, 1.82) is 0 Å². The van der Waals surface area contributed by atoms with Crippen LogP contribution < -0.4 is 15.8 Å². The van der Waals surface area contributed by atoms with Gasteiger partial charge in [-0.05, 0) is 17.0 Å². The van der Waals surface area contributed by atoms with Crippen LogP contribution in [-0.2, 0) is 6.54 Å². The summed E-state index contributed by atoms with van der Waals surface area (Å²) in [5, 5.41) is 3.10. The van der Waals surface area contributed by atoms with Crippen LogP contribution in [0.4, 0.5) is 11.9 Å². The molecule has 20 heavy (non-hydrogen) atoms. The van der Waals surface area contributed by atoms with Crippen molar-refractivity contribution < 1.29 is 4.74 Å². The maximum absolute atomic E-state index is 5.57. The zero-order valence-electron chi connectivity index (χ0n) is 11.9. The Labute approximate surface area is 118 Å². The molecule has 0 aliphatic heterocycles. The van der Waals surface area contributed by atoms with Crippen molar-refractivity contribution in [1.82, 2.24) is 15.0 Å². The molecule has 106 valence electrons. The number of benzene rings is 1. The normalized spacial score (nSPS) is 10.6. The van der Waals surface area contributed by atoms with Crippen molar-refractivity contribution in [3.8, 4) is 6.01 Å². The summed E-state index contributed by atoms with van der Waals surface area (Å²) in [5.41, 5.74) is 8.04. The monoisotopic (exact) mass is 273 g/mol. The molecule has 0 fully saturated rings. The van der Waals surface area contributed by atoms with E-state index in [1.807, 2.05) is 0 Å². The number of ether oxygens (including phenoxy) is 1. The highest BCUT2D eigenvalue weighted by molar-refractivity contribution is 5.34. The molecule has 0 saturated heterocycles. The standard InChI is InChI=1S/C14H19N5O/c1-9(2)11-6-4-10(5-7-11)8-16-13-17-12(15)18-14(19-13)20-3/h4-7,9H,8H2,1-3H3,(H3,15,16,17,18,19). The molecule has 0 aliphatic rings. The average molecular weight is 273 g/mol. The molecule has 0 saturated carbocycles. The lowest BCUT2D eigenvalue weighted by Gasteiger charge is -2.08. The molecule has 1 aromatic heterocycles. The van der Waals surface area contributed by atoms with Gasteiger partial charge in [0.25, 0.3) is 0 Å². The first-order valence-electron chi connectivity index (χ1n) is 6.46. The summed E-state index contributed by atoms with van der Waals surface area (Å²) in [7, 11) is 1.49. The van der Waals surface area contributed by atoms with Crippen LogP contribution in [0.3, 0.4) is 0 Å². The summed E-state index contributed by atoms with van der Waals surface area (Å²) in [4.78, 5) is 11.9. The zero-order chi connectivity index (χ0) is 14.5. The quantitative estimate of drug-likeness (QED) is 0.868. The van der Waals surface area contributed by atoms with Crippen molar-refractivity contribution >= 4 is 11.9 Å². The summed E-state index contributed by atoms with van der Waals surface area (Å²) in [6.45, 7) is 4.96. The van der Waals surface area contributed by atoms with E-state index in [-0.39, 0.29) is 12.0 Å². The molecule has 6 heteroatoms. The first-order chi connectivity index (χ1) is 9.58. The lowest BCUT2D eigenvalue weighted by molar-refractivity contribution is 0.379. The molecule has 1 heterocycles. The van der Waals surface area contributed by atoms with Gasteiger partial charge in [0.05, 0.1) is 7.11 Å². The number of hydrogen-bond acceptors (Lipinski definition) is 6. The molecular weight excluding hydrogens is 254 g/mol. The van der Waals surface area contributed by atoms with Crippen LogP contribution in [0.25, 0.3) is 0 Å². The van der Waals surface area contributed by atoms with Gasteiger partial charge in [-0.1, -0.05) is 38.1 Å². The highest BCUT2D eigenvalue weighted by atomic mass is 16.5. The summed E-state index contributed by atoms with van der Waals surface area (Å²) in [6, 6.07) is 8.64. The van der Waals surface area contributed by atoms with Gasteiger partial charge in [0.1, 0.15) is 0 Å². The minimum atomic E-state index is 0.134. The summed E-state index contributed by atoms with van der Waals surface area (Å²) in [6.07, 6.45) is 0. The fourth-order valence-corrected chi connectivity index (χ4v) is 1.74. The Bertz CT molecular complexity index is 568. The molecule has 0 bridgehead atoms. The highest BCUT2D eigenvalue weighted by Gasteiger charge is 2.04. The maximum Gasteiger partial charge on any atom is 0.322 e. The third kappa shape index (κ3) is 3.57. The molecule has 2 aromatic rings. The van der Waals surface area contributed by atoms with E-state index in [1.54, 1.807) is 0 Å². The molecule has 2 rings (SSSR count). The van der Waals surface area contributed by atoms with Gasteiger partial charge in [-0.2, -0.15) is 15.0 Å². The number of anilines is 2. The lowest BCUT2D eigenvalue weighted by Crippen LogP contribution is -2.08.